The highest BCUT2D eigenvalue weighted by Crippen LogP contribution is 2.25. The number of hydrogen-bond acceptors (Lipinski definition) is 6. The van der Waals surface area contributed by atoms with E-state index >= 15 is 0 Å². The van der Waals surface area contributed by atoms with Crippen molar-refractivity contribution in [1.29, 1.82) is 0 Å². The first-order valence-electron chi connectivity index (χ1n) is 8.70. The van der Waals surface area contributed by atoms with Crippen LogP contribution in [0.5, 0.6) is 0 Å². The summed E-state index contributed by atoms with van der Waals surface area (Å²) in [6.07, 6.45) is 1.78. The Morgan fingerprint density at radius 2 is 2.07 bits per heavy atom. The summed E-state index contributed by atoms with van der Waals surface area (Å²) in [5.41, 5.74) is 11.0. The molecule has 4 aromatic rings. The molecule has 0 bridgehead atoms. The average Bonchev–Trinajstić information content (AvgIpc) is 3.14. The van der Waals surface area contributed by atoms with Crippen molar-refractivity contribution < 1.29 is 4.79 Å². The Labute approximate surface area is 160 Å². The highest BCUT2D eigenvalue weighted by Gasteiger charge is 2.18. The third kappa shape index (κ3) is 3.25. The van der Waals surface area contributed by atoms with Gasteiger partial charge in [-0.3, -0.25) is 4.98 Å². The van der Waals surface area contributed by atoms with E-state index in [9.17, 15) is 4.79 Å². The third-order valence-electron chi connectivity index (χ3n) is 4.51. The lowest BCUT2D eigenvalue weighted by atomic mass is 9.98. The van der Waals surface area contributed by atoms with Gasteiger partial charge in [0.2, 0.25) is 0 Å². The smallest absolute Gasteiger partial charge is 0.332 e. The first-order valence-corrected chi connectivity index (χ1v) is 8.70. The normalized spacial score (nSPS) is 13.0. The number of nitrogens with two attached hydrogens (primary N) is 1. The van der Waals surface area contributed by atoms with Gasteiger partial charge < -0.3 is 5.73 Å². The Balaban J connectivity index is 1.73. The summed E-state index contributed by atoms with van der Waals surface area (Å²) in [5.74, 6) is 0.666. The molecule has 3 aromatic heterocycles. The number of primary amides is 1. The predicted octanol–water partition coefficient (Wildman–Crippen LogP) is 2.22. The molecular formula is C19H18N8O. The van der Waals surface area contributed by atoms with Gasteiger partial charge >= 0.3 is 6.03 Å². The van der Waals surface area contributed by atoms with Crippen LogP contribution in [-0.2, 0) is 0 Å². The van der Waals surface area contributed by atoms with Gasteiger partial charge in [0.15, 0.2) is 11.5 Å². The zero-order chi connectivity index (χ0) is 19.7. The Morgan fingerprint density at radius 3 is 2.89 bits per heavy atom. The van der Waals surface area contributed by atoms with Gasteiger partial charge in [-0.1, -0.05) is 19.1 Å². The number of rotatable bonds is 4. The van der Waals surface area contributed by atoms with E-state index in [1.807, 2.05) is 24.3 Å². The van der Waals surface area contributed by atoms with E-state index in [1.165, 1.54) is 0 Å². The Kier molecular flexibility index (Phi) is 4.40. The van der Waals surface area contributed by atoms with Gasteiger partial charge in [-0.25, -0.2) is 10.2 Å². The zero-order valence-corrected chi connectivity index (χ0v) is 15.4. The Bertz CT molecular complexity index is 1210. The van der Waals surface area contributed by atoms with Gasteiger partial charge in [0.05, 0.1) is 11.2 Å². The van der Waals surface area contributed by atoms with Gasteiger partial charge in [-0.2, -0.15) is 14.7 Å². The van der Waals surface area contributed by atoms with E-state index in [2.05, 4.69) is 43.8 Å². The molecular weight excluding hydrogens is 356 g/mol. The molecule has 28 heavy (non-hydrogen) atoms. The molecule has 0 saturated carbocycles. The molecule has 0 radical (unpaired) electrons. The van der Waals surface area contributed by atoms with Crippen molar-refractivity contribution in [2.24, 2.45) is 10.8 Å². The van der Waals surface area contributed by atoms with Gasteiger partial charge in [0.25, 0.3) is 0 Å². The maximum atomic E-state index is 10.9. The van der Waals surface area contributed by atoms with Crippen LogP contribution in [-0.4, -0.2) is 36.5 Å². The molecule has 1 atom stereocenters. The molecule has 0 spiro atoms. The van der Waals surface area contributed by atoms with E-state index in [0.717, 1.165) is 16.5 Å². The number of amides is 2. The third-order valence-corrected chi connectivity index (χ3v) is 4.51. The number of carbonyl (C=O) groups is 1. The first-order chi connectivity index (χ1) is 13.5. The van der Waals surface area contributed by atoms with Crippen molar-refractivity contribution in [3.8, 4) is 0 Å². The molecule has 9 heteroatoms. The Hall–Kier alpha value is -3.88. The van der Waals surface area contributed by atoms with Crippen LogP contribution in [0, 0.1) is 0 Å². The lowest BCUT2D eigenvalue weighted by Gasteiger charge is -2.11. The maximum Gasteiger partial charge on any atom is 0.332 e. The van der Waals surface area contributed by atoms with E-state index in [1.54, 1.807) is 29.8 Å². The predicted molar refractivity (Wildman–Crippen MR) is 105 cm³/mol. The second-order valence-corrected chi connectivity index (χ2v) is 6.40. The Morgan fingerprint density at radius 1 is 1.21 bits per heavy atom. The summed E-state index contributed by atoms with van der Waals surface area (Å²) in [4.78, 5) is 15.2. The molecule has 0 fully saturated rings. The monoisotopic (exact) mass is 374 g/mol. The van der Waals surface area contributed by atoms with Crippen LogP contribution < -0.4 is 11.2 Å². The van der Waals surface area contributed by atoms with Crippen molar-refractivity contribution >= 4 is 28.3 Å². The number of carbonyl (C=O) groups excluding carboxylic acids is 1. The lowest BCUT2D eigenvalue weighted by Crippen LogP contribution is -2.25. The van der Waals surface area contributed by atoms with E-state index in [4.69, 9.17) is 5.73 Å². The fourth-order valence-corrected chi connectivity index (χ4v) is 2.98. The largest absolute Gasteiger partial charge is 0.350 e. The number of hydrogen-bond donors (Lipinski definition) is 2. The van der Waals surface area contributed by atoms with Crippen molar-refractivity contribution in [2.75, 3.05) is 0 Å². The van der Waals surface area contributed by atoms with Crippen LogP contribution in [0.15, 0.2) is 53.8 Å². The highest BCUT2D eigenvalue weighted by molar-refractivity contribution is 5.97. The van der Waals surface area contributed by atoms with E-state index < -0.39 is 6.03 Å². The second-order valence-electron chi connectivity index (χ2n) is 6.40. The molecule has 9 nitrogen and oxygen atoms in total. The topological polar surface area (TPSA) is 123 Å². The number of fused-ring (bicyclic) bond motifs is 2. The SMILES string of the molecule is C/C(=N\NC(N)=O)c1ccc2nnc([C@@H](C)c3ccc4ncccc4c3)n2n1. The second kappa shape index (κ2) is 7.03. The molecule has 2 amide bonds. The van der Waals surface area contributed by atoms with Crippen molar-refractivity contribution in [3.63, 3.8) is 0 Å². The van der Waals surface area contributed by atoms with Crippen LogP contribution in [0.25, 0.3) is 16.6 Å². The average molecular weight is 374 g/mol. The van der Waals surface area contributed by atoms with Crippen LogP contribution in [0.4, 0.5) is 4.79 Å². The van der Waals surface area contributed by atoms with Gasteiger partial charge in [-0.15, -0.1) is 10.2 Å². The summed E-state index contributed by atoms with van der Waals surface area (Å²) >= 11 is 0. The van der Waals surface area contributed by atoms with Crippen molar-refractivity contribution in [1.82, 2.24) is 30.2 Å². The summed E-state index contributed by atoms with van der Waals surface area (Å²) < 4.78 is 1.69. The van der Waals surface area contributed by atoms with Crippen LogP contribution in [0.2, 0.25) is 0 Å². The number of hydrazone groups is 1. The summed E-state index contributed by atoms with van der Waals surface area (Å²) in [6.45, 7) is 3.78. The standard InChI is InChI=1S/C19H18N8O/c1-11(13-5-6-16-14(10-13)4-3-9-21-16)18-24-23-17-8-7-15(26-27(17)18)12(2)22-25-19(20)28/h3-11H,1-2H3,(H3,20,25,28)/b22-12+/t11-/m0/s1. The molecule has 3 N–H and O–H groups in total. The molecule has 3 heterocycles. The summed E-state index contributed by atoms with van der Waals surface area (Å²) in [5, 5.41) is 18.1. The number of pyridine rings is 1. The van der Waals surface area contributed by atoms with Crippen LogP contribution >= 0.6 is 0 Å². The molecule has 0 aliphatic carbocycles. The maximum absolute atomic E-state index is 10.9. The minimum atomic E-state index is -0.732. The minimum absolute atomic E-state index is 0.0386. The van der Waals surface area contributed by atoms with Crippen LogP contribution in [0.1, 0.15) is 36.8 Å². The molecule has 0 aliphatic rings. The van der Waals surface area contributed by atoms with Gasteiger partial charge in [-0.05, 0) is 42.8 Å². The van der Waals surface area contributed by atoms with E-state index in [-0.39, 0.29) is 5.92 Å². The van der Waals surface area contributed by atoms with E-state index in [0.29, 0.717) is 22.9 Å². The molecule has 0 unspecified atom stereocenters. The molecule has 0 saturated heterocycles. The van der Waals surface area contributed by atoms with Crippen molar-refractivity contribution in [2.45, 2.75) is 19.8 Å². The summed E-state index contributed by atoms with van der Waals surface area (Å²) in [6, 6.07) is 12.9. The number of nitrogens with zero attached hydrogens (tertiary/aromatic N) is 6. The quantitative estimate of drug-likeness (QED) is 0.419. The number of benzene rings is 1. The number of nitrogens with one attached hydrogen (secondary N) is 1. The highest BCUT2D eigenvalue weighted by atomic mass is 16.2. The van der Waals surface area contributed by atoms with Crippen molar-refractivity contribution in [3.05, 3.63) is 65.7 Å². The first kappa shape index (κ1) is 17.5. The number of aromatic nitrogens is 5. The minimum Gasteiger partial charge on any atom is -0.350 e. The zero-order valence-electron chi connectivity index (χ0n) is 15.4. The molecule has 4 rings (SSSR count). The van der Waals surface area contributed by atoms with Crippen LogP contribution in [0.3, 0.4) is 0 Å². The van der Waals surface area contributed by atoms with Gasteiger partial charge in [0.1, 0.15) is 5.69 Å². The fraction of sp³-hybridized carbons (Fsp3) is 0.158. The lowest BCUT2D eigenvalue weighted by molar-refractivity contribution is 0.249. The fourth-order valence-electron chi connectivity index (χ4n) is 2.98. The molecule has 1 aromatic carbocycles. The van der Waals surface area contributed by atoms with Gasteiger partial charge in [0, 0.05) is 17.5 Å². The number of urea groups is 1. The summed E-state index contributed by atoms with van der Waals surface area (Å²) in [7, 11) is 0. The molecule has 0 aliphatic heterocycles. The molecule has 140 valence electrons.